The molecule has 0 aromatic rings. The van der Waals surface area contributed by atoms with Gasteiger partial charge in [0.25, 0.3) is 0 Å². The summed E-state index contributed by atoms with van der Waals surface area (Å²) >= 11 is 0. The molecule has 0 spiro atoms. The van der Waals surface area contributed by atoms with E-state index in [0.717, 1.165) is 11.8 Å². The first-order chi connectivity index (χ1) is 8.27. The van der Waals surface area contributed by atoms with Gasteiger partial charge in [-0.15, -0.1) is 0 Å². The second-order valence-corrected chi connectivity index (χ2v) is 6.05. The highest BCUT2D eigenvalue weighted by molar-refractivity contribution is 4.78. The molecule has 17 heavy (non-hydrogen) atoms. The summed E-state index contributed by atoms with van der Waals surface area (Å²) in [6.45, 7) is 4.67. The second-order valence-electron chi connectivity index (χ2n) is 6.05. The molecule has 0 radical (unpaired) electrons. The minimum absolute atomic E-state index is 0.508. The van der Waals surface area contributed by atoms with Gasteiger partial charge in [0.1, 0.15) is 0 Å². The van der Waals surface area contributed by atoms with E-state index in [-0.39, 0.29) is 0 Å². The maximum absolute atomic E-state index is 5.99. The third-order valence-electron chi connectivity index (χ3n) is 4.69. The lowest BCUT2D eigenvalue weighted by Gasteiger charge is -2.32. The molecule has 0 aliphatic heterocycles. The molecule has 0 aromatic heterocycles. The van der Waals surface area contributed by atoms with E-state index in [1.807, 2.05) is 0 Å². The Labute approximate surface area is 109 Å². The Morgan fingerprint density at radius 3 is 2.18 bits per heavy atom. The zero-order valence-corrected chi connectivity index (χ0v) is 12.1. The Balaban J connectivity index is 2.14. The summed E-state index contributed by atoms with van der Waals surface area (Å²) in [4.78, 5) is 0. The van der Waals surface area contributed by atoms with E-state index < -0.39 is 0 Å². The highest BCUT2D eigenvalue weighted by Gasteiger charge is 2.24. The molecule has 1 saturated carbocycles. The van der Waals surface area contributed by atoms with Crippen molar-refractivity contribution in [3.63, 3.8) is 0 Å². The number of rotatable bonds is 8. The Morgan fingerprint density at radius 2 is 1.59 bits per heavy atom. The first-order valence-electron chi connectivity index (χ1n) is 8.03. The van der Waals surface area contributed by atoms with Crippen molar-refractivity contribution in [1.82, 2.24) is 0 Å². The molecule has 0 heterocycles. The molecule has 1 heteroatoms. The Bertz CT molecular complexity index is 170. The Kier molecular flexibility index (Phi) is 7.92. The van der Waals surface area contributed by atoms with Crippen molar-refractivity contribution in [3.05, 3.63) is 0 Å². The van der Waals surface area contributed by atoms with Crippen LogP contribution in [-0.4, -0.2) is 6.04 Å². The van der Waals surface area contributed by atoms with Gasteiger partial charge in [0.05, 0.1) is 0 Å². The van der Waals surface area contributed by atoms with Crippen molar-refractivity contribution in [2.45, 2.75) is 90.5 Å². The smallest absolute Gasteiger partial charge is 0.00390 e. The first-order valence-corrected chi connectivity index (χ1v) is 8.03. The van der Waals surface area contributed by atoms with E-state index in [1.165, 1.54) is 70.6 Å². The molecule has 2 N–H and O–H groups in total. The van der Waals surface area contributed by atoms with Crippen molar-refractivity contribution in [2.24, 2.45) is 17.6 Å². The minimum atomic E-state index is 0.508. The van der Waals surface area contributed by atoms with E-state index in [0.29, 0.717) is 6.04 Å². The monoisotopic (exact) mass is 239 g/mol. The van der Waals surface area contributed by atoms with E-state index in [2.05, 4.69) is 13.8 Å². The summed E-state index contributed by atoms with van der Waals surface area (Å²) in [5.41, 5.74) is 5.99. The van der Waals surface area contributed by atoms with Crippen LogP contribution in [0.15, 0.2) is 0 Å². The second kappa shape index (κ2) is 8.97. The largest absolute Gasteiger partial charge is 0.328 e. The predicted molar refractivity (Wildman–Crippen MR) is 77.1 cm³/mol. The van der Waals surface area contributed by atoms with Crippen molar-refractivity contribution < 1.29 is 0 Å². The minimum Gasteiger partial charge on any atom is -0.328 e. The van der Waals surface area contributed by atoms with Crippen molar-refractivity contribution in [3.8, 4) is 0 Å². The lowest BCUT2D eigenvalue weighted by atomic mass is 9.75. The van der Waals surface area contributed by atoms with Crippen LogP contribution in [0.4, 0.5) is 0 Å². The van der Waals surface area contributed by atoms with Gasteiger partial charge in [-0.3, -0.25) is 0 Å². The fraction of sp³-hybridized carbons (Fsp3) is 1.00. The van der Waals surface area contributed by atoms with Gasteiger partial charge in [-0.05, 0) is 37.5 Å². The van der Waals surface area contributed by atoms with Crippen molar-refractivity contribution >= 4 is 0 Å². The topological polar surface area (TPSA) is 26.0 Å². The fourth-order valence-electron chi connectivity index (χ4n) is 3.40. The van der Waals surface area contributed by atoms with E-state index in [9.17, 15) is 0 Å². The highest BCUT2D eigenvalue weighted by atomic mass is 14.6. The summed E-state index contributed by atoms with van der Waals surface area (Å²) in [5, 5.41) is 0. The molecule has 1 fully saturated rings. The van der Waals surface area contributed by atoms with Gasteiger partial charge >= 0.3 is 0 Å². The van der Waals surface area contributed by atoms with Gasteiger partial charge in [0.2, 0.25) is 0 Å². The lowest BCUT2D eigenvalue weighted by molar-refractivity contribution is 0.213. The third-order valence-corrected chi connectivity index (χ3v) is 4.69. The average molecular weight is 239 g/mol. The molecule has 0 aromatic carbocycles. The Hall–Kier alpha value is -0.0400. The van der Waals surface area contributed by atoms with Crippen LogP contribution in [0, 0.1) is 11.8 Å². The molecule has 102 valence electrons. The van der Waals surface area contributed by atoms with Gasteiger partial charge in [0.15, 0.2) is 0 Å². The number of hydrogen-bond acceptors (Lipinski definition) is 1. The number of hydrogen-bond donors (Lipinski definition) is 1. The van der Waals surface area contributed by atoms with Gasteiger partial charge in [-0.1, -0.05) is 58.8 Å². The number of nitrogens with two attached hydrogens (primary N) is 1. The molecular weight excluding hydrogens is 206 g/mol. The van der Waals surface area contributed by atoms with Crippen molar-refractivity contribution in [1.29, 1.82) is 0 Å². The maximum Gasteiger partial charge on any atom is 0.00390 e. The van der Waals surface area contributed by atoms with E-state index in [1.54, 1.807) is 0 Å². The molecule has 1 aliphatic carbocycles. The van der Waals surface area contributed by atoms with Gasteiger partial charge in [-0.25, -0.2) is 0 Å². The van der Waals surface area contributed by atoms with E-state index in [4.69, 9.17) is 5.73 Å². The number of unbranched alkanes of at least 4 members (excludes halogenated alkanes) is 4. The zero-order valence-electron chi connectivity index (χ0n) is 12.1. The van der Waals surface area contributed by atoms with E-state index >= 15 is 0 Å². The van der Waals surface area contributed by atoms with Crippen LogP contribution < -0.4 is 5.73 Å². The summed E-state index contributed by atoms with van der Waals surface area (Å²) < 4.78 is 0. The predicted octanol–water partition coefficient (Wildman–Crippen LogP) is 4.89. The summed E-state index contributed by atoms with van der Waals surface area (Å²) in [6.07, 6.45) is 15.3. The average Bonchev–Trinajstić information content (AvgIpc) is 2.35. The molecule has 1 aliphatic rings. The van der Waals surface area contributed by atoms with Gasteiger partial charge < -0.3 is 5.73 Å². The molecule has 1 nitrogen and oxygen atoms in total. The SMILES string of the molecule is CCCCCCCC(CC)[C@H]1CC[C@H](N)CC1. The summed E-state index contributed by atoms with van der Waals surface area (Å²) in [6, 6.07) is 0.508. The van der Waals surface area contributed by atoms with Gasteiger partial charge in [0, 0.05) is 6.04 Å². The standard InChI is InChI=1S/C16H33N/c1-3-5-6-7-8-9-14(4-2)15-10-12-16(17)13-11-15/h14-16H,3-13,17H2,1-2H3/t14?,15-,16-. The van der Waals surface area contributed by atoms with Crippen LogP contribution in [0.2, 0.25) is 0 Å². The van der Waals surface area contributed by atoms with Crippen LogP contribution in [-0.2, 0) is 0 Å². The summed E-state index contributed by atoms with van der Waals surface area (Å²) in [5.74, 6) is 1.98. The molecule has 0 bridgehead atoms. The zero-order chi connectivity index (χ0) is 12.5. The molecule has 0 saturated heterocycles. The summed E-state index contributed by atoms with van der Waals surface area (Å²) in [7, 11) is 0. The van der Waals surface area contributed by atoms with Crippen LogP contribution in [0.3, 0.4) is 0 Å². The Morgan fingerprint density at radius 1 is 0.941 bits per heavy atom. The van der Waals surface area contributed by atoms with Crippen LogP contribution >= 0.6 is 0 Å². The molecular formula is C16H33N. The first kappa shape index (κ1) is 15.0. The third kappa shape index (κ3) is 5.90. The quantitative estimate of drug-likeness (QED) is 0.600. The van der Waals surface area contributed by atoms with Crippen LogP contribution in [0.5, 0.6) is 0 Å². The van der Waals surface area contributed by atoms with Crippen molar-refractivity contribution in [2.75, 3.05) is 0 Å². The normalized spacial score (nSPS) is 27.0. The van der Waals surface area contributed by atoms with Crippen LogP contribution in [0.25, 0.3) is 0 Å². The lowest BCUT2D eigenvalue weighted by Crippen LogP contribution is -2.29. The molecule has 1 rings (SSSR count). The maximum atomic E-state index is 5.99. The van der Waals surface area contributed by atoms with Gasteiger partial charge in [-0.2, -0.15) is 0 Å². The molecule has 1 atom stereocenters. The fourth-order valence-corrected chi connectivity index (χ4v) is 3.40. The highest BCUT2D eigenvalue weighted by Crippen LogP contribution is 2.34. The molecule has 0 amide bonds. The molecule has 1 unspecified atom stereocenters. The van der Waals surface area contributed by atoms with Crippen LogP contribution in [0.1, 0.15) is 84.5 Å².